The second-order valence-corrected chi connectivity index (χ2v) is 5.85. The van der Waals surface area contributed by atoms with Crippen LogP contribution in [-0.2, 0) is 0 Å². The summed E-state index contributed by atoms with van der Waals surface area (Å²) in [5.41, 5.74) is -0.182. The quantitative estimate of drug-likeness (QED) is 0.770. The fraction of sp³-hybridized carbons (Fsp3) is 0.929. The minimum absolute atomic E-state index is 0.182. The van der Waals surface area contributed by atoms with E-state index in [1.807, 2.05) is 13.8 Å². The Hall–Kier alpha value is -0.590. The van der Waals surface area contributed by atoms with Gasteiger partial charge >= 0.3 is 0 Å². The largest absolute Gasteiger partial charge is 0.316 e. The number of nitriles is 1. The van der Waals surface area contributed by atoms with Gasteiger partial charge in [-0.3, -0.25) is 0 Å². The first-order valence-corrected chi connectivity index (χ1v) is 6.91. The Morgan fingerprint density at radius 1 is 1.47 bits per heavy atom. The van der Waals surface area contributed by atoms with E-state index in [1.54, 1.807) is 0 Å². The van der Waals surface area contributed by atoms with Crippen molar-refractivity contribution in [3.8, 4) is 6.07 Å². The van der Waals surface area contributed by atoms with E-state index < -0.39 is 0 Å². The summed E-state index contributed by atoms with van der Waals surface area (Å²) in [6.45, 7) is 12.0. The molecular formula is C14H27N3. The van der Waals surface area contributed by atoms with E-state index in [-0.39, 0.29) is 5.41 Å². The molecule has 0 bridgehead atoms. The third-order valence-corrected chi connectivity index (χ3v) is 3.72. The molecule has 0 aromatic rings. The van der Waals surface area contributed by atoms with Crippen LogP contribution < -0.4 is 5.32 Å². The van der Waals surface area contributed by atoms with Crippen molar-refractivity contribution in [2.75, 3.05) is 32.7 Å². The van der Waals surface area contributed by atoms with Gasteiger partial charge in [0.15, 0.2) is 0 Å². The molecule has 0 saturated carbocycles. The van der Waals surface area contributed by atoms with Gasteiger partial charge in [-0.2, -0.15) is 5.26 Å². The number of piperidine rings is 1. The molecule has 0 spiro atoms. The highest BCUT2D eigenvalue weighted by Gasteiger charge is 2.20. The van der Waals surface area contributed by atoms with Gasteiger partial charge in [0, 0.05) is 6.54 Å². The highest BCUT2D eigenvalue weighted by atomic mass is 15.1. The van der Waals surface area contributed by atoms with Gasteiger partial charge < -0.3 is 10.2 Å². The summed E-state index contributed by atoms with van der Waals surface area (Å²) in [5.74, 6) is 0.800. The molecule has 3 heteroatoms. The van der Waals surface area contributed by atoms with Crippen LogP contribution in [0.25, 0.3) is 0 Å². The molecule has 0 aromatic carbocycles. The standard InChI is InChI=1S/C14H27N3/c1-4-17(9-7-14(2,3)12-15)11-13-6-5-8-16-10-13/h13,16H,4-11H2,1-3H3. The lowest BCUT2D eigenvalue weighted by atomic mass is 9.91. The van der Waals surface area contributed by atoms with E-state index in [2.05, 4.69) is 23.2 Å². The summed E-state index contributed by atoms with van der Waals surface area (Å²) in [7, 11) is 0. The Kier molecular flexibility index (Phi) is 5.94. The van der Waals surface area contributed by atoms with Crippen molar-refractivity contribution >= 4 is 0 Å². The average Bonchev–Trinajstić information content (AvgIpc) is 2.35. The van der Waals surface area contributed by atoms with Crippen LogP contribution >= 0.6 is 0 Å². The molecule has 1 atom stereocenters. The molecular weight excluding hydrogens is 210 g/mol. The van der Waals surface area contributed by atoms with Crippen molar-refractivity contribution < 1.29 is 0 Å². The van der Waals surface area contributed by atoms with Crippen molar-refractivity contribution in [2.24, 2.45) is 11.3 Å². The molecule has 3 nitrogen and oxygen atoms in total. The van der Waals surface area contributed by atoms with Crippen LogP contribution in [0.2, 0.25) is 0 Å². The SMILES string of the molecule is CCN(CCC(C)(C)C#N)CC1CCCNC1. The topological polar surface area (TPSA) is 39.1 Å². The van der Waals surface area contributed by atoms with Crippen LogP contribution in [0.5, 0.6) is 0 Å². The second kappa shape index (κ2) is 6.98. The molecule has 1 aliphatic rings. The van der Waals surface area contributed by atoms with Gasteiger partial charge in [-0.1, -0.05) is 6.92 Å². The fourth-order valence-corrected chi connectivity index (χ4v) is 2.32. The monoisotopic (exact) mass is 237 g/mol. The zero-order valence-corrected chi connectivity index (χ0v) is 11.6. The molecule has 1 aliphatic heterocycles. The maximum atomic E-state index is 9.02. The Bertz CT molecular complexity index is 249. The highest BCUT2D eigenvalue weighted by Crippen LogP contribution is 2.20. The summed E-state index contributed by atoms with van der Waals surface area (Å²) in [6, 6.07) is 2.39. The summed E-state index contributed by atoms with van der Waals surface area (Å²) in [5, 5.41) is 12.5. The number of hydrogen-bond acceptors (Lipinski definition) is 3. The van der Waals surface area contributed by atoms with Gasteiger partial charge in [0.05, 0.1) is 11.5 Å². The molecule has 0 radical (unpaired) electrons. The molecule has 98 valence electrons. The van der Waals surface area contributed by atoms with E-state index in [0.29, 0.717) is 0 Å². The van der Waals surface area contributed by atoms with Gasteiger partial charge in [-0.15, -0.1) is 0 Å². The molecule has 1 heterocycles. The van der Waals surface area contributed by atoms with Crippen LogP contribution in [0.15, 0.2) is 0 Å². The average molecular weight is 237 g/mol. The molecule has 0 aromatic heterocycles. The summed E-state index contributed by atoms with van der Waals surface area (Å²) < 4.78 is 0. The number of rotatable bonds is 6. The summed E-state index contributed by atoms with van der Waals surface area (Å²) in [6.07, 6.45) is 3.63. The third kappa shape index (κ3) is 5.52. The lowest BCUT2D eigenvalue weighted by molar-refractivity contribution is 0.199. The predicted octanol–water partition coefficient (Wildman–Crippen LogP) is 2.25. The van der Waals surface area contributed by atoms with Crippen molar-refractivity contribution in [1.82, 2.24) is 10.2 Å². The Morgan fingerprint density at radius 3 is 2.76 bits per heavy atom. The molecule has 0 amide bonds. The maximum absolute atomic E-state index is 9.02. The van der Waals surface area contributed by atoms with E-state index in [0.717, 1.165) is 32.0 Å². The van der Waals surface area contributed by atoms with Crippen molar-refractivity contribution in [2.45, 2.75) is 40.0 Å². The maximum Gasteiger partial charge on any atom is 0.0684 e. The van der Waals surface area contributed by atoms with Gasteiger partial charge in [0.1, 0.15) is 0 Å². The first kappa shape index (κ1) is 14.5. The van der Waals surface area contributed by atoms with Crippen molar-refractivity contribution in [3.63, 3.8) is 0 Å². The van der Waals surface area contributed by atoms with Gasteiger partial charge in [0.25, 0.3) is 0 Å². The molecule has 1 N–H and O–H groups in total. The smallest absolute Gasteiger partial charge is 0.0684 e. The van der Waals surface area contributed by atoms with Gasteiger partial charge in [0.2, 0.25) is 0 Å². The molecule has 1 rings (SSSR count). The second-order valence-electron chi connectivity index (χ2n) is 5.85. The van der Waals surface area contributed by atoms with E-state index in [1.165, 1.54) is 25.9 Å². The van der Waals surface area contributed by atoms with Crippen LogP contribution in [0.3, 0.4) is 0 Å². The Balaban J connectivity index is 2.30. The van der Waals surface area contributed by atoms with Gasteiger partial charge in [-0.25, -0.2) is 0 Å². The summed E-state index contributed by atoms with van der Waals surface area (Å²) >= 11 is 0. The Labute approximate surface area is 106 Å². The minimum Gasteiger partial charge on any atom is -0.316 e. The van der Waals surface area contributed by atoms with Crippen LogP contribution in [-0.4, -0.2) is 37.6 Å². The summed E-state index contributed by atoms with van der Waals surface area (Å²) in [4.78, 5) is 2.50. The van der Waals surface area contributed by atoms with Gasteiger partial charge in [-0.05, 0) is 65.2 Å². The normalized spacial score (nSPS) is 21.5. The molecule has 1 saturated heterocycles. The first-order chi connectivity index (χ1) is 8.07. The van der Waals surface area contributed by atoms with Crippen molar-refractivity contribution in [3.05, 3.63) is 0 Å². The molecule has 1 fully saturated rings. The van der Waals surface area contributed by atoms with Crippen LogP contribution in [0.4, 0.5) is 0 Å². The molecule has 1 unspecified atom stereocenters. The third-order valence-electron chi connectivity index (χ3n) is 3.72. The zero-order valence-electron chi connectivity index (χ0n) is 11.6. The fourth-order valence-electron chi connectivity index (χ4n) is 2.32. The first-order valence-electron chi connectivity index (χ1n) is 6.91. The zero-order chi connectivity index (χ0) is 12.7. The van der Waals surface area contributed by atoms with Crippen molar-refractivity contribution in [1.29, 1.82) is 5.26 Å². The highest BCUT2D eigenvalue weighted by molar-refractivity contribution is 4.92. The Morgan fingerprint density at radius 2 is 2.24 bits per heavy atom. The van der Waals surface area contributed by atoms with Crippen LogP contribution in [0.1, 0.15) is 40.0 Å². The number of nitrogens with one attached hydrogen (secondary N) is 1. The molecule has 0 aliphatic carbocycles. The van der Waals surface area contributed by atoms with E-state index >= 15 is 0 Å². The minimum atomic E-state index is -0.182. The molecule has 17 heavy (non-hydrogen) atoms. The predicted molar refractivity (Wildman–Crippen MR) is 71.7 cm³/mol. The van der Waals surface area contributed by atoms with Crippen LogP contribution in [0, 0.1) is 22.7 Å². The van der Waals surface area contributed by atoms with E-state index in [4.69, 9.17) is 5.26 Å². The number of nitrogens with zero attached hydrogens (tertiary/aromatic N) is 2. The number of hydrogen-bond donors (Lipinski definition) is 1. The van der Waals surface area contributed by atoms with E-state index in [9.17, 15) is 0 Å². The lowest BCUT2D eigenvalue weighted by Crippen LogP contribution is -2.39. The lowest BCUT2D eigenvalue weighted by Gasteiger charge is -2.30.